The molecule has 2 rings (SSSR count). The predicted octanol–water partition coefficient (Wildman–Crippen LogP) is 1.78. The molecule has 0 fully saturated rings. The summed E-state index contributed by atoms with van der Waals surface area (Å²) in [4.78, 5) is 22.3. The molecule has 0 amide bonds. The summed E-state index contributed by atoms with van der Waals surface area (Å²) in [6.45, 7) is 1.50. The van der Waals surface area contributed by atoms with Crippen molar-refractivity contribution in [1.82, 2.24) is 4.57 Å². The topological polar surface area (TPSA) is 83.1 Å². The lowest BCUT2D eigenvalue weighted by Gasteiger charge is -2.08. The molecule has 0 aliphatic heterocycles. The fraction of sp³-hybridized carbons (Fsp3) is 0.133. The standard InChI is InChI=1S/C15H12N2O3/c1-10-2-3-11(7-16)13(6-10)12-4-5-14(18)17(8-12)9-15(19)20/h2-6,8H,9H2,1H3,(H,19,20). The first-order valence-corrected chi connectivity index (χ1v) is 5.94. The zero-order valence-corrected chi connectivity index (χ0v) is 10.8. The Morgan fingerprint density at radius 1 is 1.35 bits per heavy atom. The summed E-state index contributed by atoms with van der Waals surface area (Å²) in [6.07, 6.45) is 1.46. The Balaban J connectivity index is 2.59. The molecule has 0 saturated heterocycles. The molecular formula is C15H12N2O3. The number of nitriles is 1. The van der Waals surface area contributed by atoms with Gasteiger partial charge in [-0.15, -0.1) is 0 Å². The van der Waals surface area contributed by atoms with E-state index in [1.165, 1.54) is 12.3 Å². The normalized spacial score (nSPS) is 10.0. The van der Waals surface area contributed by atoms with Gasteiger partial charge in [-0.2, -0.15) is 5.26 Å². The van der Waals surface area contributed by atoms with Crippen molar-refractivity contribution in [3.63, 3.8) is 0 Å². The quantitative estimate of drug-likeness (QED) is 0.919. The molecule has 1 aromatic carbocycles. The first-order valence-electron chi connectivity index (χ1n) is 5.94. The van der Waals surface area contributed by atoms with E-state index in [1.54, 1.807) is 12.1 Å². The van der Waals surface area contributed by atoms with Gasteiger partial charge in [-0.3, -0.25) is 9.59 Å². The largest absolute Gasteiger partial charge is 0.480 e. The third-order valence-electron chi connectivity index (χ3n) is 2.90. The van der Waals surface area contributed by atoms with Crippen LogP contribution in [0.1, 0.15) is 11.1 Å². The average Bonchev–Trinajstić information content (AvgIpc) is 2.40. The summed E-state index contributed by atoms with van der Waals surface area (Å²) >= 11 is 0. The summed E-state index contributed by atoms with van der Waals surface area (Å²) < 4.78 is 1.11. The Bertz CT molecular complexity index is 769. The van der Waals surface area contributed by atoms with Crippen LogP contribution < -0.4 is 5.56 Å². The molecule has 0 atom stereocenters. The minimum absolute atomic E-state index is 0.387. The Morgan fingerprint density at radius 2 is 2.10 bits per heavy atom. The van der Waals surface area contributed by atoms with E-state index in [-0.39, 0.29) is 5.56 Å². The molecule has 0 unspecified atom stereocenters. The molecule has 0 spiro atoms. The Hall–Kier alpha value is -2.87. The van der Waals surface area contributed by atoms with Crippen LogP contribution in [-0.2, 0) is 11.3 Å². The maximum Gasteiger partial charge on any atom is 0.323 e. The molecule has 20 heavy (non-hydrogen) atoms. The van der Waals surface area contributed by atoms with Crippen molar-refractivity contribution >= 4 is 5.97 Å². The maximum absolute atomic E-state index is 11.6. The van der Waals surface area contributed by atoms with E-state index in [0.29, 0.717) is 16.7 Å². The molecular weight excluding hydrogens is 256 g/mol. The van der Waals surface area contributed by atoms with Crippen LogP contribution >= 0.6 is 0 Å². The number of rotatable bonds is 3. The summed E-state index contributed by atoms with van der Waals surface area (Å²) in [5.41, 5.74) is 2.41. The summed E-state index contributed by atoms with van der Waals surface area (Å²) in [5.74, 6) is -1.09. The van der Waals surface area contributed by atoms with Crippen LogP contribution in [0.15, 0.2) is 41.3 Å². The molecule has 2 aromatic rings. The van der Waals surface area contributed by atoms with Gasteiger partial charge in [-0.05, 0) is 24.6 Å². The number of aliphatic carboxylic acids is 1. The lowest BCUT2D eigenvalue weighted by molar-refractivity contribution is -0.137. The van der Waals surface area contributed by atoms with Crippen LogP contribution in [-0.4, -0.2) is 15.6 Å². The number of pyridine rings is 1. The number of aryl methyl sites for hydroxylation is 1. The number of hydrogen-bond donors (Lipinski definition) is 1. The highest BCUT2D eigenvalue weighted by molar-refractivity contribution is 5.71. The number of benzene rings is 1. The highest BCUT2D eigenvalue weighted by Gasteiger charge is 2.08. The fourth-order valence-corrected chi connectivity index (χ4v) is 1.95. The minimum Gasteiger partial charge on any atom is -0.480 e. The van der Waals surface area contributed by atoms with Gasteiger partial charge < -0.3 is 9.67 Å². The van der Waals surface area contributed by atoms with Crippen LogP contribution in [0.4, 0.5) is 0 Å². The second-order valence-corrected chi connectivity index (χ2v) is 4.44. The molecule has 0 aliphatic rings. The van der Waals surface area contributed by atoms with Crippen molar-refractivity contribution in [2.45, 2.75) is 13.5 Å². The molecule has 0 radical (unpaired) electrons. The highest BCUT2D eigenvalue weighted by atomic mass is 16.4. The SMILES string of the molecule is Cc1ccc(C#N)c(-c2ccc(=O)n(CC(=O)O)c2)c1. The van der Waals surface area contributed by atoms with Crippen molar-refractivity contribution in [1.29, 1.82) is 5.26 Å². The van der Waals surface area contributed by atoms with Crippen molar-refractivity contribution in [2.75, 3.05) is 0 Å². The lowest BCUT2D eigenvalue weighted by atomic mass is 9.99. The summed E-state index contributed by atoms with van der Waals surface area (Å²) in [5, 5.41) is 17.9. The van der Waals surface area contributed by atoms with Gasteiger partial charge in [0.2, 0.25) is 0 Å². The molecule has 1 heterocycles. The van der Waals surface area contributed by atoms with E-state index in [2.05, 4.69) is 6.07 Å². The Morgan fingerprint density at radius 3 is 2.75 bits per heavy atom. The first kappa shape index (κ1) is 13.6. The first-order chi connectivity index (χ1) is 9.51. The molecule has 5 heteroatoms. The predicted molar refractivity (Wildman–Crippen MR) is 73.2 cm³/mol. The van der Waals surface area contributed by atoms with Crippen LogP contribution in [0.2, 0.25) is 0 Å². The molecule has 5 nitrogen and oxygen atoms in total. The number of carboxylic acids is 1. The zero-order chi connectivity index (χ0) is 14.7. The average molecular weight is 268 g/mol. The van der Waals surface area contributed by atoms with Crippen molar-refractivity contribution < 1.29 is 9.90 Å². The van der Waals surface area contributed by atoms with E-state index in [1.807, 2.05) is 19.1 Å². The van der Waals surface area contributed by atoms with Gasteiger partial charge in [0.25, 0.3) is 5.56 Å². The lowest BCUT2D eigenvalue weighted by Crippen LogP contribution is -2.22. The minimum atomic E-state index is -1.09. The van der Waals surface area contributed by atoms with E-state index in [4.69, 9.17) is 10.4 Å². The molecule has 1 aromatic heterocycles. The monoisotopic (exact) mass is 268 g/mol. The van der Waals surface area contributed by atoms with Crippen molar-refractivity contribution in [2.24, 2.45) is 0 Å². The van der Waals surface area contributed by atoms with Crippen molar-refractivity contribution in [3.8, 4) is 17.2 Å². The molecule has 0 saturated carbocycles. The van der Waals surface area contributed by atoms with Gasteiger partial charge in [0.05, 0.1) is 11.6 Å². The van der Waals surface area contributed by atoms with Crippen LogP contribution in [0.25, 0.3) is 11.1 Å². The highest BCUT2D eigenvalue weighted by Crippen LogP contribution is 2.23. The zero-order valence-electron chi connectivity index (χ0n) is 10.8. The van der Waals surface area contributed by atoms with E-state index in [9.17, 15) is 9.59 Å². The molecule has 1 N–H and O–H groups in total. The number of aromatic nitrogens is 1. The van der Waals surface area contributed by atoms with E-state index in [0.717, 1.165) is 10.1 Å². The second-order valence-electron chi connectivity index (χ2n) is 4.44. The Labute approximate surface area is 115 Å². The fourth-order valence-electron chi connectivity index (χ4n) is 1.95. The number of hydrogen-bond acceptors (Lipinski definition) is 3. The van der Waals surface area contributed by atoms with Gasteiger partial charge in [-0.25, -0.2) is 0 Å². The molecule has 0 aliphatic carbocycles. The summed E-state index contributed by atoms with van der Waals surface area (Å²) in [6, 6.07) is 10.4. The van der Waals surface area contributed by atoms with Gasteiger partial charge >= 0.3 is 5.97 Å². The molecule has 0 bridgehead atoms. The van der Waals surface area contributed by atoms with Gasteiger partial charge in [0, 0.05) is 17.8 Å². The van der Waals surface area contributed by atoms with E-state index >= 15 is 0 Å². The van der Waals surface area contributed by atoms with Crippen LogP contribution in [0, 0.1) is 18.3 Å². The van der Waals surface area contributed by atoms with Gasteiger partial charge in [0.15, 0.2) is 0 Å². The van der Waals surface area contributed by atoms with E-state index < -0.39 is 12.5 Å². The Kier molecular flexibility index (Phi) is 3.67. The number of carboxylic acid groups (broad SMARTS) is 1. The van der Waals surface area contributed by atoms with Crippen LogP contribution in [0.5, 0.6) is 0 Å². The van der Waals surface area contributed by atoms with Crippen molar-refractivity contribution in [3.05, 3.63) is 58.0 Å². The van der Waals surface area contributed by atoms with Gasteiger partial charge in [-0.1, -0.05) is 17.7 Å². The third-order valence-corrected chi connectivity index (χ3v) is 2.90. The number of nitrogens with zero attached hydrogens (tertiary/aromatic N) is 2. The second kappa shape index (κ2) is 5.41. The number of carbonyl (C=O) groups is 1. The van der Waals surface area contributed by atoms with Crippen LogP contribution in [0.3, 0.4) is 0 Å². The van der Waals surface area contributed by atoms with Gasteiger partial charge in [0.1, 0.15) is 6.54 Å². The summed E-state index contributed by atoms with van der Waals surface area (Å²) in [7, 11) is 0. The maximum atomic E-state index is 11.6. The molecule has 100 valence electrons. The third kappa shape index (κ3) is 2.75. The smallest absolute Gasteiger partial charge is 0.323 e.